The van der Waals surface area contributed by atoms with E-state index < -0.39 is 23.1 Å². The monoisotopic (exact) mass is 234 g/mol. The molecule has 3 N–H and O–H groups in total. The summed E-state index contributed by atoms with van der Waals surface area (Å²) in [4.78, 5) is 25.0. The molecule has 1 aromatic rings. The third-order valence-corrected chi connectivity index (χ3v) is 2.27. The second-order valence-electron chi connectivity index (χ2n) is 3.13. The quantitative estimate of drug-likeness (QED) is 0.594. The van der Waals surface area contributed by atoms with Crippen LogP contribution in [0.1, 0.15) is 5.69 Å². The van der Waals surface area contributed by atoms with E-state index in [1.54, 1.807) is 0 Å². The molecule has 0 bridgehead atoms. The Balaban J connectivity index is 3.25. The van der Waals surface area contributed by atoms with Crippen LogP contribution < -0.4 is 11.2 Å². The molecule has 0 spiro atoms. The van der Waals surface area contributed by atoms with Crippen molar-refractivity contribution >= 4 is 11.6 Å². The molecule has 0 aliphatic heterocycles. The lowest BCUT2D eigenvalue weighted by atomic mass is 10.3. The largest absolute Gasteiger partial charge is 0.502 e. The van der Waals surface area contributed by atoms with Gasteiger partial charge in [0.25, 0.3) is 5.56 Å². The van der Waals surface area contributed by atoms with Crippen molar-refractivity contribution in [2.75, 3.05) is 5.88 Å². The van der Waals surface area contributed by atoms with Gasteiger partial charge in [0.2, 0.25) is 5.75 Å². The van der Waals surface area contributed by atoms with Gasteiger partial charge in [0, 0.05) is 0 Å². The average molecular weight is 235 g/mol. The Morgan fingerprint density at radius 2 is 2.13 bits per heavy atom. The number of nitrogens with zero attached hydrogens (tertiary/aromatic N) is 1. The van der Waals surface area contributed by atoms with Crippen molar-refractivity contribution in [2.24, 2.45) is 0 Å². The second-order valence-corrected chi connectivity index (χ2v) is 3.44. The van der Waals surface area contributed by atoms with Gasteiger partial charge in [-0.25, -0.2) is 4.79 Å². The number of aliphatic hydroxyl groups is 1. The van der Waals surface area contributed by atoms with Gasteiger partial charge < -0.3 is 15.2 Å². The molecule has 0 aliphatic rings. The summed E-state index contributed by atoms with van der Waals surface area (Å²) in [5, 5.41) is 18.5. The van der Waals surface area contributed by atoms with E-state index in [2.05, 4.69) is 4.98 Å². The maximum absolute atomic E-state index is 11.4. The van der Waals surface area contributed by atoms with Crippen molar-refractivity contribution in [1.82, 2.24) is 9.55 Å². The zero-order valence-electron chi connectivity index (χ0n) is 8.03. The standard InChI is InChI=1S/C8H11ClN2O4/c1-4-6(13)7(14)11(8(15)10-4)3-5(12)2-9/h5,12-13H,2-3H2,1H3,(H,10,15). The molecule has 0 amide bonds. The molecular weight excluding hydrogens is 224 g/mol. The number of aromatic amines is 1. The number of hydrogen-bond acceptors (Lipinski definition) is 4. The van der Waals surface area contributed by atoms with E-state index in [4.69, 9.17) is 11.6 Å². The molecule has 7 heteroatoms. The van der Waals surface area contributed by atoms with E-state index in [-0.39, 0.29) is 18.1 Å². The third-order valence-electron chi connectivity index (χ3n) is 1.91. The first-order chi connectivity index (χ1) is 6.97. The summed E-state index contributed by atoms with van der Waals surface area (Å²) in [6, 6.07) is 0. The van der Waals surface area contributed by atoms with Gasteiger partial charge >= 0.3 is 5.69 Å². The zero-order valence-corrected chi connectivity index (χ0v) is 8.78. The van der Waals surface area contributed by atoms with E-state index in [0.717, 1.165) is 0 Å². The van der Waals surface area contributed by atoms with E-state index in [0.29, 0.717) is 4.57 Å². The molecule has 0 saturated heterocycles. The fourth-order valence-corrected chi connectivity index (χ4v) is 1.19. The summed E-state index contributed by atoms with van der Waals surface area (Å²) in [5.41, 5.74) is -1.42. The third kappa shape index (κ3) is 2.40. The van der Waals surface area contributed by atoms with Crippen molar-refractivity contribution in [2.45, 2.75) is 19.6 Å². The topological polar surface area (TPSA) is 95.3 Å². The fraction of sp³-hybridized carbons (Fsp3) is 0.500. The molecule has 0 saturated carbocycles. The van der Waals surface area contributed by atoms with E-state index >= 15 is 0 Å². The van der Waals surface area contributed by atoms with E-state index in [1.165, 1.54) is 6.92 Å². The SMILES string of the molecule is Cc1[nH]c(=O)n(CC(O)CCl)c(=O)c1O. The Morgan fingerprint density at radius 1 is 1.53 bits per heavy atom. The number of aryl methyl sites for hydroxylation is 1. The average Bonchev–Trinajstić information content (AvgIpc) is 2.21. The van der Waals surface area contributed by atoms with Crippen molar-refractivity contribution in [1.29, 1.82) is 0 Å². The number of halogens is 1. The summed E-state index contributed by atoms with van der Waals surface area (Å²) in [6.07, 6.45) is -1.01. The van der Waals surface area contributed by atoms with E-state index in [1.807, 2.05) is 0 Å². The molecule has 1 rings (SSSR count). The van der Waals surface area contributed by atoms with Crippen LogP contribution in [0.4, 0.5) is 0 Å². The van der Waals surface area contributed by atoms with Crippen LogP contribution in [0.15, 0.2) is 9.59 Å². The number of hydrogen-bond donors (Lipinski definition) is 3. The lowest BCUT2D eigenvalue weighted by Gasteiger charge is -2.09. The Kier molecular flexibility index (Phi) is 3.54. The molecule has 0 radical (unpaired) electrons. The highest BCUT2D eigenvalue weighted by atomic mass is 35.5. The van der Waals surface area contributed by atoms with Gasteiger partial charge in [-0.05, 0) is 6.92 Å². The first-order valence-electron chi connectivity index (χ1n) is 4.24. The molecule has 0 aliphatic carbocycles. The highest BCUT2D eigenvalue weighted by Gasteiger charge is 2.12. The van der Waals surface area contributed by atoms with Crippen LogP contribution in [0.3, 0.4) is 0 Å². The normalized spacial score (nSPS) is 12.7. The lowest BCUT2D eigenvalue weighted by molar-refractivity contribution is 0.172. The molecule has 15 heavy (non-hydrogen) atoms. The maximum atomic E-state index is 11.4. The molecular formula is C8H11ClN2O4. The van der Waals surface area contributed by atoms with Crippen LogP contribution >= 0.6 is 11.6 Å². The van der Waals surface area contributed by atoms with Crippen LogP contribution in [-0.4, -0.2) is 31.7 Å². The minimum absolute atomic E-state index is 0.0967. The van der Waals surface area contributed by atoms with Crippen LogP contribution in [0, 0.1) is 6.92 Å². The van der Waals surface area contributed by atoms with Gasteiger partial charge in [0.05, 0.1) is 24.2 Å². The lowest BCUT2D eigenvalue weighted by Crippen LogP contribution is -2.39. The smallest absolute Gasteiger partial charge is 0.328 e. The van der Waals surface area contributed by atoms with Gasteiger partial charge in [0.1, 0.15) is 0 Å². The molecule has 84 valence electrons. The number of aromatic nitrogens is 2. The number of aliphatic hydroxyl groups excluding tert-OH is 1. The predicted octanol–water partition coefficient (Wildman–Crippen LogP) is -0.850. The summed E-state index contributed by atoms with van der Waals surface area (Å²) in [6.45, 7) is 1.16. The summed E-state index contributed by atoms with van der Waals surface area (Å²) >= 11 is 5.34. The Labute approximate surface area is 89.8 Å². The second kappa shape index (κ2) is 4.50. The Hall–Kier alpha value is -1.27. The number of nitrogens with one attached hydrogen (secondary N) is 1. The van der Waals surface area contributed by atoms with Gasteiger partial charge in [-0.1, -0.05) is 0 Å². The highest BCUT2D eigenvalue weighted by Crippen LogP contribution is 2.02. The van der Waals surface area contributed by atoms with Crippen molar-refractivity contribution in [3.63, 3.8) is 0 Å². The minimum Gasteiger partial charge on any atom is -0.502 e. The van der Waals surface area contributed by atoms with Crippen molar-refractivity contribution < 1.29 is 10.2 Å². The van der Waals surface area contributed by atoms with Crippen molar-refractivity contribution in [3.05, 3.63) is 26.5 Å². The van der Waals surface area contributed by atoms with Crippen molar-refractivity contribution in [3.8, 4) is 5.75 Å². The molecule has 6 nitrogen and oxygen atoms in total. The van der Waals surface area contributed by atoms with Crippen LogP contribution in [0.25, 0.3) is 0 Å². The fourth-order valence-electron chi connectivity index (χ4n) is 1.09. The van der Waals surface area contributed by atoms with Crippen LogP contribution in [0.2, 0.25) is 0 Å². The van der Waals surface area contributed by atoms with Gasteiger partial charge in [-0.2, -0.15) is 0 Å². The molecule has 1 aromatic heterocycles. The first kappa shape index (κ1) is 11.8. The molecule has 1 heterocycles. The van der Waals surface area contributed by atoms with Gasteiger partial charge in [-0.15, -0.1) is 11.6 Å². The van der Waals surface area contributed by atoms with Crippen LogP contribution in [0.5, 0.6) is 5.75 Å². The Bertz CT molecular complexity index is 465. The zero-order chi connectivity index (χ0) is 11.6. The summed E-state index contributed by atoms with van der Waals surface area (Å²) < 4.78 is 0.704. The first-order valence-corrected chi connectivity index (χ1v) is 4.77. The van der Waals surface area contributed by atoms with Crippen LogP contribution in [-0.2, 0) is 6.54 Å². The summed E-state index contributed by atoms with van der Waals surface area (Å²) in [7, 11) is 0. The maximum Gasteiger partial charge on any atom is 0.328 e. The highest BCUT2D eigenvalue weighted by molar-refractivity contribution is 6.18. The number of rotatable bonds is 3. The van der Waals surface area contributed by atoms with Gasteiger partial charge in [0.15, 0.2) is 0 Å². The Morgan fingerprint density at radius 3 is 2.67 bits per heavy atom. The van der Waals surface area contributed by atoms with E-state index in [9.17, 15) is 19.8 Å². The predicted molar refractivity (Wildman–Crippen MR) is 54.5 cm³/mol. The number of alkyl halides is 1. The van der Waals surface area contributed by atoms with Gasteiger partial charge in [-0.3, -0.25) is 9.36 Å². The molecule has 0 fully saturated rings. The molecule has 1 atom stereocenters. The summed E-state index contributed by atoms with van der Waals surface area (Å²) in [5.74, 6) is -0.628. The number of H-pyrrole nitrogens is 1. The molecule has 0 aromatic carbocycles. The molecule has 1 unspecified atom stereocenters. The number of aromatic hydroxyl groups is 1. The minimum atomic E-state index is -1.01.